The van der Waals surface area contributed by atoms with Gasteiger partial charge in [0.05, 0.1) is 11.6 Å². The Morgan fingerprint density at radius 2 is 1.71 bits per heavy atom. The molecule has 3 aromatic carbocycles. The molecular formula is C30H31N3O. The summed E-state index contributed by atoms with van der Waals surface area (Å²) in [5.74, 6) is 0.228. The number of fused-ring (bicyclic) bond motifs is 2. The van der Waals surface area contributed by atoms with Crippen molar-refractivity contribution >= 4 is 11.6 Å². The summed E-state index contributed by atoms with van der Waals surface area (Å²) in [7, 11) is 0. The average molecular weight is 450 g/mol. The van der Waals surface area contributed by atoms with E-state index < -0.39 is 0 Å². The first-order valence-corrected chi connectivity index (χ1v) is 12.2. The largest absolute Gasteiger partial charge is 0.311 e. The molecule has 4 heteroatoms. The Kier molecular flexibility index (Phi) is 6.22. The quantitative estimate of drug-likeness (QED) is 0.525. The number of benzene rings is 3. The van der Waals surface area contributed by atoms with Gasteiger partial charge in [-0.15, -0.1) is 0 Å². The summed E-state index contributed by atoms with van der Waals surface area (Å²) in [6, 6.07) is 27.0. The zero-order chi connectivity index (χ0) is 23.5. The first-order chi connectivity index (χ1) is 16.6. The van der Waals surface area contributed by atoms with Gasteiger partial charge in [0.2, 0.25) is 5.91 Å². The van der Waals surface area contributed by atoms with Crippen LogP contribution in [-0.2, 0) is 23.2 Å². The summed E-state index contributed by atoms with van der Waals surface area (Å²) >= 11 is 0. The third-order valence-electron chi connectivity index (χ3n) is 7.55. The maximum absolute atomic E-state index is 13.3. The van der Waals surface area contributed by atoms with Gasteiger partial charge < -0.3 is 4.90 Å². The highest BCUT2D eigenvalue weighted by molar-refractivity contribution is 5.96. The second kappa shape index (κ2) is 9.44. The molecule has 2 aliphatic heterocycles. The molecule has 0 N–H and O–H groups in total. The lowest BCUT2D eigenvalue weighted by atomic mass is 9.74. The molecule has 1 amide bonds. The third kappa shape index (κ3) is 4.49. The smallest absolute Gasteiger partial charge is 0.227 e. The molecule has 0 unspecified atom stereocenters. The minimum absolute atomic E-state index is 0.0466. The van der Waals surface area contributed by atoms with Gasteiger partial charge in [0, 0.05) is 30.6 Å². The monoisotopic (exact) mass is 449 g/mol. The van der Waals surface area contributed by atoms with Gasteiger partial charge in [-0.3, -0.25) is 9.69 Å². The van der Waals surface area contributed by atoms with E-state index in [9.17, 15) is 4.79 Å². The summed E-state index contributed by atoms with van der Waals surface area (Å²) in [4.78, 5) is 17.9. The van der Waals surface area contributed by atoms with Gasteiger partial charge in [-0.05, 0) is 74.2 Å². The highest BCUT2D eigenvalue weighted by atomic mass is 16.2. The van der Waals surface area contributed by atoms with Gasteiger partial charge in [-0.2, -0.15) is 5.26 Å². The zero-order valence-corrected chi connectivity index (χ0v) is 19.8. The average Bonchev–Trinajstić information content (AvgIpc) is 3.18. The molecule has 34 heavy (non-hydrogen) atoms. The second-order valence-electron chi connectivity index (χ2n) is 9.85. The van der Waals surface area contributed by atoms with Crippen molar-refractivity contribution < 1.29 is 4.79 Å². The zero-order valence-electron chi connectivity index (χ0n) is 19.8. The Balaban J connectivity index is 1.29. The van der Waals surface area contributed by atoms with Crippen LogP contribution in [0.5, 0.6) is 0 Å². The summed E-state index contributed by atoms with van der Waals surface area (Å²) < 4.78 is 0. The number of carbonyl (C=O) groups excluding carboxylic acids is 1. The van der Waals surface area contributed by atoms with E-state index in [1.807, 2.05) is 30.3 Å². The number of likely N-dealkylation sites (tertiary alicyclic amines) is 1. The number of aryl methyl sites for hydroxylation is 2. The predicted molar refractivity (Wildman–Crippen MR) is 136 cm³/mol. The Labute approximate surface area is 202 Å². The van der Waals surface area contributed by atoms with Crippen molar-refractivity contribution in [3.63, 3.8) is 0 Å². The topological polar surface area (TPSA) is 47.3 Å². The van der Waals surface area contributed by atoms with E-state index in [0.29, 0.717) is 12.0 Å². The third-order valence-corrected chi connectivity index (χ3v) is 7.55. The van der Waals surface area contributed by atoms with E-state index in [4.69, 9.17) is 5.26 Å². The normalized spacial score (nSPS) is 16.9. The number of amides is 1. The number of rotatable bonds is 5. The number of carbonyl (C=O) groups is 1. The van der Waals surface area contributed by atoms with Crippen LogP contribution in [-0.4, -0.2) is 30.4 Å². The van der Waals surface area contributed by atoms with Crippen LogP contribution in [0.1, 0.15) is 47.1 Å². The molecule has 172 valence electrons. The van der Waals surface area contributed by atoms with Crippen molar-refractivity contribution in [1.82, 2.24) is 4.90 Å². The Hall–Kier alpha value is -3.42. The van der Waals surface area contributed by atoms with Gasteiger partial charge in [0.25, 0.3) is 0 Å². The second-order valence-corrected chi connectivity index (χ2v) is 9.85. The van der Waals surface area contributed by atoms with Gasteiger partial charge in [-0.1, -0.05) is 60.2 Å². The van der Waals surface area contributed by atoms with Crippen LogP contribution in [0.25, 0.3) is 0 Å². The number of anilines is 1. The maximum Gasteiger partial charge on any atom is 0.227 e. The van der Waals surface area contributed by atoms with Gasteiger partial charge in [0.15, 0.2) is 0 Å². The van der Waals surface area contributed by atoms with Crippen molar-refractivity contribution in [2.24, 2.45) is 0 Å². The van der Waals surface area contributed by atoms with E-state index in [2.05, 4.69) is 65.3 Å². The van der Waals surface area contributed by atoms with Crippen LogP contribution in [0.4, 0.5) is 5.69 Å². The van der Waals surface area contributed by atoms with Crippen molar-refractivity contribution in [3.8, 4) is 6.07 Å². The Morgan fingerprint density at radius 3 is 2.41 bits per heavy atom. The number of nitriles is 1. The van der Waals surface area contributed by atoms with Gasteiger partial charge >= 0.3 is 0 Å². The summed E-state index contributed by atoms with van der Waals surface area (Å²) in [5.41, 5.74) is 6.95. The van der Waals surface area contributed by atoms with Gasteiger partial charge in [0.1, 0.15) is 0 Å². The minimum Gasteiger partial charge on any atom is -0.311 e. The molecule has 3 aromatic rings. The van der Waals surface area contributed by atoms with E-state index in [-0.39, 0.29) is 11.3 Å². The molecule has 0 atom stereocenters. The summed E-state index contributed by atoms with van der Waals surface area (Å²) in [6.07, 6.45) is 3.44. The molecule has 0 bridgehead atoms. The van der Waals surface area contributed by atoms with Crippen molar-refractivity contribution in [2.75, 3.05) is 24.5 Å². The molecule has 0 aliphatic carbocycles. The molecule has 1 spiro atoms. The predicted octanol–water partition coefficient (Wildman–Crippen LogP) is 5.38. The fourth-order valence-electron chi connectivity index (χ4n) is 5.55. The highest BCUT2D eigenvalue weighted by Crippen LogP contribution is 2.47. The Bertz CT molecular complexity index is 1200. The lowest BCUT2D eigenvalue weighted by Crippen LogP contribution is -2.45. The first-order valence-electron chi connectivity index (χ1n) is 12.2. The molecule has 1 fully saturated rings. The van der Waals surface area contributed by atoms with E-state index in [1.165, 1.54) is 22.3 Å². The minimum atomic E-state index is 0.0466. The van der Waals surface area contributed by atoms with Crippen LogP contribution in [0, 0.1) is 18.3 Å². The summed E-state index contributed by atoms with van der Waals surface area (Å²) in [6.45, 7) is 5.87. The number of piperidine rings is 1. The number of hydrogen-bond acceptors (Lipinski definition) is 3. The molecule has 2 aliphatic rings. The Morgan fingerprint density at radius 1 is 0.971 bits per heavy atom. The van der Waals surface area contributed by atoms with Crippen molar-refractivity contribution in [3.05, 3.63) is 101 Å². The first kappa shape index (κ1) is 22.4. The molecule has 0 radical (unpaired) electrons. The highest BCUT2D eigenvalue weighted by Gasteiger charge is 2.46. The van der Waals surface area contributed by atoms with E-state index >= 15 is 0 Å². The molecule has 5 rings (SSSR count). The molecule has 1 saturated heterocycles. The molecule has 0 aromatic heterocycles. The molecule has 0 saturated carbocycles. The lowest BCUT2D eigenvalue weighted by molar-refractivity contribution is -0.118. The summed E-state index contributed by atoms with van der Waals surface area (Å²) in [5, 5.41) is 9.03. The molecular weight excluding hydrogens is 418 g/mol. The van der Waals surface area contributed by atoms with Crippen molar-refractivity contribution in [1.29, 1.82) is 5.26 Å². The van der Waals surface area contributed by atoms with Crippen LogP contribution in [0.3, 0.4) is 0 Å². The maximum atomic E-state index is 13.3. The van der Waals surface area contributed by atoms with Crippen LogP contribution >= 0.6 is 0 Å². The molecule has 2 heterocycles. The lowest BCUT2D eigenvalue weighted by Gasteiger charge is -2.40. The van der Waals surface area contributed by atoms with Gasteiger partial charge in [-0.25, -0.2) is 0 Å². The number of nitrogens with zero attached hydrogens (tertiary/aromatic N) is 3. The van der Waals surface area contributed by atoms with Crippen molar-refractivity contribution in [2.45, 2.75) is 44.6 Å². The van der Waals surface area contributed by atoms with Crippen LogP contribution < -0.4 is 4.90 Å². The SMILES string of the molecule is Cc1ccc2c(c1)C1(CCN(Cc3ccc(C#N)cc3)CC1)CN2C(=O)CCc1ccccc1. The van der Waals surface area contributed by atoms with E-state index in [1.54, 1.807) is 0 Å². The molecule has 4 nitrogen and oxygen atoms in total. The number of hydrogen-bond donors (Lipinski definition) is 0. The fourth-order valence-corrected chi connectivity index (χ4v) is 5.55. The van der Waals surface area contributed by atoms with E-state index in [0.717, 1.165) is 51.1 Å². The van der Waals surface area contributed by atoms with Crippen LogP contribution in [0.15, 0.2) is 72.8 Å². The standard InChI is InChI=1S/C30H31N3O/c1-23-7-13-28-27(19-23)30(22-33(28)29(34)14-12-24-5-3-2-4-6-24)15-17-32(18-16-30)21-26-10-8-25(20-31)9-11-26/h2-11,13,19H,12,14-18,21-22H2,1H3. The van der Waals surface area contributed by atoms with Crippen LogP contribution in [0.2, 0.25) is 0 Å². The fraction of sp³-hybridized carbons (Fsp3) is 0.333.